The fourth-order valence-electron chi connectivity index (χ4n) is 3.03. The number of carbonyl (C=O) groups is 1. The molecule has 1 aromatic heterocycles. The van der Waals surface area contributed by atoms with E-state index in [4.69, 9.17) is 4.74 Å². The second-order valence-corrected chi connectivity index (χ2v) is 6.47. The van der Waals surface area contributed by atoms with E-state index in [-0.39, 0.29) is 16.9 Å². The van der Waals surface area contributed by atoms with Gasteiger partial charge in [0.15, 0.2) is 0 Å². The fraction of sp³-hybridized carbons (Fsp3) is 0.263. The Morgan fingerprint density at radius 1 is 1.22 bits per heavy atom. The van der Waals surface area contributed by atoms with Crippen LogP contribution in [0.4, 0.5) is 0 Å². The number of nitrogens with zero attached hydrogens (tertiary/aromatic N) is 1. The number of carbonyl (C=O) groups excluding carboxylic acids is 1. The highest BCUT2D eigenvalue weighted by Crippen LogP contribution is 2.37. The van der Waals surface area contributed by atoms with Gasteiger partial charge >= 0.3 is 5.97 Å². The molecule has 1 heterocycles. The van der Waals surface area contributed by atoms with Gasteiger partial charge in [0, 0.05) is 17.8 Å². The third-order valence-electron chi connectivity index (χ3n) is 4.06. The van der Waals surface area contributed by atoms with E-state index in [0.717, 1.165) is 23.2 Å². The number of hydrogen-bond donors (Lipinski definition) is 0. The van der Waals surface area contributed by atoms with E-state index < -0.39 is 0 Å². The number of aromatic nitrogens is 1. The number of esters is 1. The number of allylic oxidation sites excluding steroid dienone is 1. The smallest absolute Gasteiger partial charge is 0.337 e. The standard InChI is InChI=1S/C19H19NO3/c1-19(2)11-14-8-7-13(18(22)23-3)10-15(14)16(12-19)20-9-5-4-6-17(20)21/h4-10,12H,11H2,1-3H3. The Bertz CT molecular complexity index is 859. The molecule has 0 aliphatic heterocycles. The molecule has 4 heteroatoms. The lowest BCUT2D eigenvalue weighted by atomic mass is 9.77. The molecule has 0 radical (unpaired) electrons. The lowest BCUT2D eigenvalue weighted by Gasteiger charge is -2.30. The maximum atomic E-state index is 12.2. The Labute approximate surface area is 135 Å². The zero-order valence-electron chi connectivity index (χ0n) is 13.5. The van der Waals surface area contributed by atoms with Crippen molar-refractivity contribution in [2.24, 2.45) is 5.41 Å². The number of benzene rings is 1. The number of hydrogen-bond acceptors (Lipinski definition) is 3. The second kappa shape index (κ2) is 5.54. The molecule has 1 aliphatic rings. The Hall–Kier alpha value is -2.62. The topological polar surface area (TPSA) is 48.3 Å². The molecule has 0 saturated heterocycles. The van der Waals surface area contributed by atoms with Crippen molar-refractivity contribution in [1.29, 1.82) is 0 Å². The van der Waals surface area contributed by atoms with E-state index in [1.807, 2.05) is 18.2 Å². The maximum Gasteiger partial charge on any atom is 0.337 e. The molecule has 1 aliphatic carbocycles. The largest absolute Gasteiger partial charge is 0.465 e. The number of pyridine rings is 1. The molecule has 0 spiro atoms. The van der Waals surface area contributed by atoms with E-state index in [1.165, 1.54) is 13.2 Å². The van der Waals surface area contributed by atoms with Crippen molar-refractivity contribution in [2.75, 3.05) is 7.11 Å². The molecule has 0 N–H and O–H groups in total. The van der Waals surface area contributed by atoms with Crippen molar-refractivity contribution in [3.8, 4) is 0 Å². The van der Waals surface area contributed by atoms with Gasteiger partial charge in [-0.05, 0) is 35.6 Å². The van der Waals surface area contributed by atoms with E-state index in [2.05, 4.69) is 19.9 Å². The molecule has 23 heavy (non-hydrogen) atoms. The molecule has 0 fully saturated rings. The van der Waals surface area contributed by atoms with Crippen LogP contribution in [0.1, 0.15) is 35.3 Å². The van der Waals surface area contributed by atoms with Gasteiger partial charge in [-0.2, -0.15) is 0 Å². The Morgan fingerprint density at radius 3 is 2.70 bits per heavy atom. The van der Waals surface area contributed by atoms with Crippen LogP contribution < -0.4 is 5.56 Å². The van der Waals surface area contributed by atoms with Crippen molar-refractivity contribution >= 4 is 11.7 Å². The monoisotopic (exact) mass is 309 g/mol. The summed E-state index contributed by atoms with van der Waals surface area (Å²) in [5, 5.41) is 0. The molecule has 3 rings (SSSR count). The SMILES string of the molecule is COC(=O)c1ccc2c(c1)C(n1ccccc1=O)=CC(C)(C)C2. The van der Waals surface area contributed by atoms with Gasteiger partial charge in [0.2, 0.25) is 0 Å². The molecular formula is C19H19NO3. The van der Waals surface area contributed by atoms with Gasteiger partial charge in [-0.1, -0.05) is 32.1 Å². The molecule has 0 amide bonds. The highest BCUT2D eigenvalue weighted by Gasteiger charge is 2.27. The average Bonchev–Trinajstić information content (AvgIpc) is 2.52. The average molecular weight is 309 g/mol. The summed E-state index contributed by atoms with van der Waals surface area (Å²) >= 11 is 0. The van der Waals surface area contributed by atoms with E-state index in [1.54, 1.807) is 22.9 Å². The first kappa shape index (κ1) is 15.3. The second-order valence-electron chi connectivity index (χ2n) is 6.47. The first-order valence-electron chi connectivity index (χ1n) is 7.54. The molecule has 118 valence electrons. The first-order valence-corrected chi connectivity index (χ1v) is 7.54. The van der Waals surface area contributed by atoms with Gasteiger partial charge in [-0.3, -0.25) is 9.36 Å². The summed E-state index contributed by atoms with van der Waals surface area (Å²) in [7, 11) is 1.36. The zero-order chi connectivity index (χ0) is 16.6. The number of fused-ring (bicyclic) bond motifs is 1. The van der Waals surface area contributed by atoms with Gasteiger partial charge in [0.05, 0.1) is 18.4 Å². The molecular weight excluding hydrogens is 290 g/mol. The van der Waals surface area contributed by atoms with Crippen LogP contribution >= 0.6 is 0 Å². The predicted octanol–water partition coefficient (Wildman–Crippen LogP) is 3.11. The third kappa shape index (κ3) is 2.84. The van der Waals surface area contributed by atoms with Crippen LogP contribution in [0.2, 0.25) is 0 Å². The molecule has 2 aromatic rings. The van der Waals surface area contributed by atoms with Crippen molar-refractivity contribution in [3.63, 3.8) is 0 Å². The molecule has 4 nitrogen and oxygen atoms in total. The predicted molar refractivity (Wildman–Crippen MR) is 89.3 cm³/mol. The van der Waals surface area contributed by atoms with Gasteiger partial charge in [-0.15, -0.1) is 0 Å². The molecule has 0 saturated carbocycles. The van der Waals surface area contributed by atoms with Crippen molar-refractivity contribution in [3.05, 3.63) is 75.7 Å². The minimum Gasteiger partial charge on any atom is -0.465 e. The first-order chi connectivity index (χ1) is 10.9. The minimum atomic E-state index is -0.377. The summed E-state index contributed by atoms with van der Waals surface area (Å²) in [5.41, 5.74) is 3.17. The van der Waals surface area contributed by atoms with Gasteiger partial charge < -0.3 is 4.74 Å². The normalized spacial score (nSPS) is 15.5. The lowest BCUT2D eigenvalue weighted by molar-refractivity contribution is 0.0600. The summed E-state index contributed by atoms with van der Waals surface area (Å²) in [6, 6.07) is 10.6. The lowest BCUT2D eigenvalue weighted by Crippen LogP contribution is -2.25. The molecule has 1 aromatic carbocycles. The summed E-state index contributed by atoms with van der Waals surface area (Å²) in [6.45, 7) is 4.27. The molecule has 0 unspecified atom stereocenters. The fourth-order valence-corrected chi connectivity index (χ4v) is 3.03. The van der Waals surface area contributed by atoms with E-state index >= 15 is 0 Å². The molecule has 0 bridgehead atoms. The van der Waals surface area contributed by atoms with E-state index in [9.17, 15) is 9.59 Å². The van der Waals surface area contributed by atoms with E-state index in [0.29, 0.717) is 5.56 Å². The zero-order valence-corrected chi connectivity index (χ0v) is 13.5. The van der Waals surface area contributed by atoms with Crippen molar-refractivity contribution < 1.29 is 9.53 Å². The Balaban J connectivity index is 2.23. The highest BCUT2D eigenvalue weighted by atomic mass is 16.5. The van der Waals surface area contributed by atoms with Crippen LogP contribution in [0.25, 0.3) is 5.70 Å². The Morgan fingerprint density at radius 2 is 2.00 bits per heavy atom. The summed E-state index contributed by atoms with van der Waals surface area (Å²) in [4.78, 5) is 24.1. The van der Waals surface area contributed by atoms with Gasteiger partial charge in [0.25, 0.3) is 5.56 Å². The minimum absolute atomic E-state index is 0.0651. The van der Waals surface area contributed by atoms with Crippen molar-refractivity contribution in [1.82, 2.24) is 4.57 Å². The Kier molecular flexibility index (Phi) is 3.68. The molecule has 0 atom stereocenters. The number of methoxy groups -OCH3 is 1. The van der Waals surface area contributed by atoms with Crippen LogP contribution in [0, 0.1) is 5.41 Å². The van der Waals surface area contributed by atoms with Crippen LogP contribution in [0.15, 0.2) is 53.5 Å². The maximum absolute atomic E-state index is 12.2. The summed E-state index contributed by atoms with van der Waals surface area (Å²) in [6.07, 6.45) is 4.71. The van der Waals surface area contributed by atoms with Gasteiger partial charge in [-0.25, -0.2) is 4.79 Å². The number of ether oxygens (including phenoxy) is 1. The van der Waals surface area contributed by atoms with Crippen LogP contribution in [-0.4, -0.2) is 17.6 Å². The van der Waals surface area contributed by atoms with Crippen LogP contribution in [0.3, 0.4) is 0 Å². The third-order valence-corrected chi connectivity index (χ3v) is 4.06. The highest BCUT2D eigenvalue weighted by molar-refractivity contribution is 5.91. The van der Waals surface area contributed by atoms with Crippen molar-refractivity contribution in [2.45, 2.75) is 20.3 Å². The summed E-state index contributed by atoms with van der Waals surface area (Å²) < 4.78 is 6.43. The van der Waals surface area contributed by atoms with Gasteiger partial charge in [0.1, 0.15) is 0 Å². The van der Waals surface area contributed by atoms with Crippen LogP contribution in [0.5, 0.6) is 0 Å². The van der Waals surface area contributed by atoms with Crippen LogP contribution in [-0.2, 0) is 11.2 Å². The quantitative estimate of drug-likeness (QED) is 0.801. The number of rotatable bonds is 2. The summed E-state index contributed by atoms with van der Waals surface area (Å²) in [5.74, 6) is -0.377.